The summed E-state index contributed by atoms with van der Waals surface area (Å²) < 4.78 is 0. The van der Waals surface area contributed by atoms with Gasteiger partial charge in [-0.1, -0.05) is 18.5 Å². The van der Waals surface area contributed by atoms with E-state index < -0.39 is 0 Å². The first-order valence-corrected chi connectivity index (χ1v) is 3.86. The molecular formula is C8H11ClN2. The van der Waals surface area contributed by atoms with Gasteiger partial charge in [0.2, 0.25) is 0 Å². The lowest BCUT2D eigenvalue weighted by Crippen LogP contribution is -1.98. The lowest BCUT2D eigenvalue weighted by molar-refractivity contribution is 1.15. The average Bonchev–Trinajstić information content (AvgIpc) is 1.96. The van der Waals surface area contributed by atoms with E-state index in [1.807, 2.05) is 13.0 Å². The molecule has 0 unspecified atom stereocenters. The van der Waals surface area contributed by atoms with Crippen LogP contribution < -0.4 is 11.5 Å². The number of rotatable bonds is 1. The molecule has 3 heteroatoms. The molecule has 0 radical (unpaired) electrons. The molecule has 4 N–H and O–H groups in total. The molecule has 0 aliphatic rings. The number of anilines is 2. The van der Waals surface area contributed by atoms with Gasteiger partial charge in [-0.25, -0.2) is 0 Å². The van der Waals surface area contributed by atoms with Gasteiger partial charge in [0.1, 0.15) is 0 Å². The Bertz CT molecular complexity index is 271. The molecule has 1 aromatic rings. The molecule has 1 rings (SSSR count). The number of nitrogens with two attached hydrogens (primary N) is 2. The van der Waals surface area contributed by atoms with Crippen LogP contribution in [0.4, 0.5) is 11.4 Å². The summed E-state index contributed by atoms with van der Waals surface area (Å²) in [6.45, 7) is 2.02. The molecule has 11 heavy (non-hydrogen) atoms. The minimum atomic E-state index is 0.564. The topological polar surface area (TPSA) is 52.0 Å². The maximum absolute atomic E-state index is 5.77. The molecule has 0 saturated carbocycles. The third kappa shape index (κ3) is 1.57. The summed E-state index contributed by atoms with van der Waals surface area (Å²) in [6, 6.07) is 3.50. The van der Waals surface area contributed by atoms with Gasteiger partial charge in [0.25, 0.3) is 0 Å². The van der Waals surface area contributed by atoms with Gasteiger partial charge < -0.3 is 11.5 Å². The van der Waals surface area contributed by atoms with Crippen LogP contribution in [0.15, 0.2) is 12.1 Å². The zero-order valence-electron chi connectivity index (χ0n) is 6.39. The number of hydrogen-bond acceptors (Lipinski definition) is 2. The van der Waals surface area contributed by atoms with Crippen molar-refractivity contribution < 1.29 is 0 Å². The summed E-state index contributed by atoms with van der Waals surface area (Å²) in [6.07, 6.45) is 0.858. The molecule has 0 heterocycles. The Morgan fingerprint density at radius 2 is 2.00 bits per heavy atom. The van der Waals surface area contributed by atoms with E-state index in [4.69, 9.17) is 23.1 Å². The molecule has 0 fully saturated rings. The van der Waals surface area contributed by atoms with E-state index >= 15 is 0 Å². The first kappa shape index (κ1) is 8.21. The number of halogens is 1. The second-order valence-electron chi connectivity index (χ2n) is 2.42. The second-order valence-corrected chi connectivity index (χ2v) is 2.86. The minimum Gasteiger partial charge on any atom is -0.397 e. The van der Waals surface area contributed by atoms with Gasteiger partial charge in [0.15, 0.2) is 0 Å². The van der Waals surface area contributed by atoms with Gasteiger partial charge in [-0.05, 0) is 24.1 Å². The Kier molecular flexibility index (Phi) is 2.25. The first-order valence-electron chi connectivity index (χ1n) is 3.48. The molecule has 0 spiro atoms. The van der Waals surface area contributed by atoms with Gasteiger partial charge in [-0.3, -0.25) is 0 Å². The van der Waals surface area contributed by atoms with Gasteiger partial charge in [-0.2, -0.15) is 0 Å². The van der Waals surface area contributed by atoms with E-state index in [9.17, 15) is 0 Å². The van der Waals surface area contributed by atoms with Gasteiger partial charge >= 0.3 is 0 Å². The van der Waals surface area contributed by atoms with Gasteiger partial charge in [-0.15, -0.1) is 0 Å². The lowest BCUT2D eigenvalue weighted by Gasteiger charge is -2.06. The standard InChI is InChI=1S/C8H11ClN2/c1-2-5-3-6(9)4-7(10)8(5)11/h3-4H,2,10-11H2,1H3. The van der Waals surface area contributed by atoms with E-state index in [1.165, 1.54) is 0 Å². The maximum atomic E-state index is 5.77. The normalized spacial score (nSPS) is 10.0. The summed E-state index contributed by atoms with van der Waals surface area (Å²) in [5.74, 6) is 0. The third-order valence-electron chi connectivity index (χ3n) is 1.64. The summed E-state index contributed by atoms with van der Waals surface area (Å²) in [7, 11) is 0. The van der Waals surface area contributed by atoms with Crippen LogP contribution in [0.3, 0.4) is 0 Å². The average molecular weight is 171 g/mol. The predicted molar refractivity (Wildman–Crippen MR) is 49.7 cm³/mol. The molecular weight excluding hydrogens is 160 g/mol. The van der Waals surface area contributed by atoms with Crippen LogP contribution >= 0.6 is 11.6 Å². The Hall–Kier alpha value is -0.890. The third-order valence-corrected chi connectivity index (χ3v) is 1.86. The largest absolute Gasteiger partial charge is 0.397 e. The molecule has 0 saturated heterocycles. The minimum absolute atomic E-state index is 0.564. The highest BCUT2D eigenvalue weighted by atomic mass is 35.5. The van der Waals surface area contributed by atoms with Crippen molar-refractivity contribution in [2.45, 2.75) is 13.3 Å². The number of hydrogen-bond donors (Lipinski definition) is 2. The Balaban J connectivity index is 3.24. The molecule has 60 valence electrons. The highest BCUT2D eigenvalue weighted by Crippen LogP contribution is 2.25. The van der Waals surface area contributed by atoms with E-state index in [-0.39, 0.29) is 0 Å². The molecule has 0 aliphatic heterocycles. The van der Waals surface area contributed by atoms with E-state index in [2.05, 4.69) is 0 Å². The predicted octanol–water partition coefficient (Wildman–Crippen LogP) is 2.07. The highest BCUT2D eigenvalue weighted by Gasteiger charge is 2.01. The van der Waals surface area contributed by atoms with E-state index in [1.54, 1.807) is 6.07 Å². The van der Waals surface area contributed by atoms with Crippen LogP contribution in [0.25, 0.3) is 0 Å². The van der Waals surface area contributed by atoms with Crippen molar-refractivity contribution in [2.75, 3.05) is 11.5 Å². The van der Waals surface area contributed by atoms with Crippen molar-refractivity contribution >= 4 is 23.0 Å². The fourth-order valence-corrected chi connectivity index (χ4v) is 1.24. The molecule has 0 aromatic heterocycles. The zero-order valence-corrected chi connectivity index (χ0v) is 7.15. The smallest absolute Gasteiger partial charge is 0.0581 e. The lowest BCUT2D eigenvalue weighted by atomic mass is 10.1. The Morgan fingerprint density at radius 3 is 2.55 bits per heavy atom. The fraction of sp³-hybridized carbons (Fsp3) is 0.250. The van der Waals surface area contributed by atoms with E-state index in [0.717, 1.165) is 12.0 Å². The van der Waals surface area contributed by atoms with Crippen LogP contribution in [-0.2, 0) is 6.42 Å². The SMILES string of the molecule is CCc1cc(Cl)cc(N)c1N. The maximum Gasteiger partial charge on any atom is 0.0581 e. The molecule has 1 aromatic carbocycles. The van der Waals surface area contributed by atoms with Crippen molar-refractivity contribution in [2.24, 2.45) is 0 Å². The van der Waals surface area contributed by atoms with Gasteiger partial charge in [0.05, 0.1) is 11.4 Å². The summed E-state index contributed by atoms with van der Waals surface area (Å²) in [5.41, 5.74) is 13.5. The fourth-order valence-electron chi connectivity index (χ4n) is 0.990. The number of nitrogen functional groups attached to an aromatic ring is 2. The van der Waals surface area contributed by atoms with Gasteiger partial charge in [0, 0.05) is 5.02 Å². The Morgan fingerprint density at radius 1 is 1.36 bits per heavy atom. The van der Waals surface area contributed by atoms with Crippen molar-refractivity contribution in [3.05, 3.63) is 22.7 Å². The highest BCUT2D eigenvalue weighted by molar-refractivity contribution is 6.31. The number of aryl methyl sites for hydroxylation is 1. The van der Waals surface area contributed by atoms with Crippen molar-refractivity contribution in [1.82, 2.24) is 0 Å². The van der Waals surface area contributed by atoms with Crippen LogP contribution in [-0.4, -0.2) is 0 Å². The van der Waals surface area contributed by atoms with E-state index in [0.29, 0.717) is 16.4 Å². The van der Waals surface area contributed by atoms with Crippen molar-refractivity contribution in [3.8, 4) is 0 Å². The second kappa shape index (κ2) is 3.01. The molecule has 0 aliphatic carbocycles. The van der Waals surface area contributed by atoms with Crippen LogP contribution in [0.1, 0.15) is 12.5 Å². The van der Waals surface area contributed by atoms with Crippen LogP contribution in [0.5, 0.6) is 0 Å². The van der Waals surface area contributed by atoms with Crippen LogP contribution in [0, 0.1) is 0 Å². The zero-order chi connectivity index (χ0) is 8.43. The summed E-state index contributed by atoms with van der Waals surface area (Å²) >= 11 is 5.77. The first-order chi connectivity index (χ1) is 5.15. The molecule has 2 nitrogen and oxygen atoms in total. The quantitative estimate of drug-likeness (QED) is 0.634. The van der Waals surface area contributed by atoms with Crippen molar-refractivity contribution in [1.29, 1.82) is 0 Å². The Labute approximate surface area is 71.1 Å². The molecule has 0 amide bonds. The number of benzene rings is 1. The summed E-state index contributed by atoms with van der Waals surface area (Å²) in [5, 5.41) is 0.647. The van der Waals surface area contributed by atoms with Crippen molar-refractivity contribution in [3.63, 3.8) is 0 Å². The molecule has 0 atom stereocenters. The molecule has 0 bridgehead atoms. The van der Waals surface area contributed by atoms with Crippen LogP contribution in [0.2, 0.25) is 5.02 Å². The summed E-state index contributed by atoms with van der Waals surface area (Å²) in [4.78, 5) is 0. The monoisotopic (exact) mass is 170 g/mol.